The van der Waals surface area contributed by atoms with Crippen molar-refractivity contribution in [2.24, 2.45) is 5.41 Å². The van der Waals surface area contributed by atoms with Gasteiger partial charge in [-0.25, -0.2) is 0 Å². The van der Waals surface area contributed by atoms with Crippen LogP contribution < -0.4 is 5.32 Å². The van der Waals surface area contributed by atoms with Gasteiger partial charge in [0.05, 0.1) is 5.69 Å². The van der Waals surface area contributed by atoms with Gasteiger partial charge in [0.1, 0.15) is 0 Å². The van der Waals surface area contributed by atoms with Gasteiger partial charge in [-0.15, -0.1) is 0 Å². The van der Waals surface area contributed by atoms with Crippen LogP contribution in [-0.2, 0) is 4.79 Å². The molecule has 29 heavy (non-hydrogen) atoms. The number of anilines is 1. The monoisotopic (exact) mass is 421 g/mol. The van der Waals surface area contributed by atoms with Crippen LogP contribution in [0, 0.1) is 5.41 Å². The number of hydrogen-bond acceptors (Lipinski definition) is 2. The number of carbonyl (C=O) groups is 1. The lowest BCUT2D eigenvalue weighted by Gasteiger charge is -2.40. The Morgan fingerprint density at radius 1 is 0.966 bits per heavy atom. The maximum absolute atomic E-state index is 13.3. The van der Waals surface area contributed by atoms with Gasteiger partial charge < -0.3 is 5.32 Å². The van der Waals surface area contributed by atoms with Gasteiger partial charge in [0.15, 0.2) is 5.78 Å². The minimum atomic E-state index is -0.195. The average Bonchev–Trinajstić information content (AvgIpc) is 2.66. The van der Waals surface area contributed by atoms with Crippen LogP contribution in [0.25, 0.3) is 10.8 Å². The van der Waals surface area contributed by atoms with E-state index in [1.165, 1.54) is 5.39 Å². The Labute approximate surface area is 180 Å². The van der Waals surface area contributed by atoms with E-state index in [-0.39, 0.29) is 17.1 Å². The van der Waals surface area contributed by atoms with Gasteiger partial charge in [-0.2, -0.15) is 0 Å². The fourth-order valence-corrected chi connectivity index (χ4v) is 5.33. The summed E-state index contributed by atoms with van der Waals surface area (Å²) in [5.74, 6) is -0.00204. The van der Waals surface area contributed by atoms with E-state index < -0.39 is 0 Å². The predicted octanol–water partition coefficient (Wildman–Crippen LogP) is 7.35. The molecule has 5 rings (SSSR count). The number of nitrogens with one attached hydrogen (secondary N) is 1. The molecule has 1 atom stereocenters. The smallest absolute Gasteiger partial charge is 0.162 e. The highest BCUT2D eigenvalue weighted by atomic mass is 35.5. The summed E-state index contributed by atoms with van der Waals surface area (Å²) in [6, 6.07) is 18.1. The molecule has 0 aromatic heterocycles. The fraction of sp³-hybridized carbons (Fsp3) is 0.240. The van der Waals surface area contributed by atoms with Crippen molar-refractivity contribution >= 4 is 45.4 Å². The van der Waals surface area contributed by atoms with E-state index in [0.29, 0.717) is 16.5 Å². The quantitative estimate of drug-likeness (QED) is 0.444. The minimum Gasteiger partial charge on any atom is -0.358 e. The first kappa shape index (κ1) is 18.7. The topological polar surface area (TPSA) is 29.1 Å². The number of ketones is 1. The standard InChI is InChI=1S/C25H21Cl2NO/c1-25(2)12-20-23(21(29)13-25)22(17-10-8-15(26)11-19(17)27)18-9-7-14-5-3-4-6-16(14)24(18)28-20/h3-11,22,28H,12-13H2,1-2H3/t22-/m1/s1. The molecule has 1 heterocycles. The zero-order valence-corrected chi connectivity index (χ0v) is 17.9. The van der Waals surface area contributed by atoms with Crippen LogP contribution in [0.1, 0.15) is 43.7 Å². The van der Waals surface area contributed by atoms with Gasteiger partial charge in [0, 0.05) is 39.0 Å². The first-order valence-electron chi connectivity index (χ1n) is 9.84. The van der Waals surface area contributed by atoms with Crippen molar-refractivity contribution in [2.45, 2.75) is 32.6 Å². The Hall–Kier alpha value is -2.29. The van der Waals surface area contributed by atoms with Crippen LogP contribution in [0.15, 0.2) is 65.9 Å². The van der Waals surface area contributed by atoms with E-state index in [9.17, 15) is 4.79 Å². The van der Waals surface area contributed by atoms with Crippen molar-refractivity contribution < 1.29 is 4.79 Å². The molecule has 0 radical (unpaired) electrons. The second-order valence-electron chi connectivity index (χ2n) is 8.81. The SMILES string of the molecule is CC1(C)CC(=O)C2=C(C1)Nc1c(ccc3ccccc13)[C@H]2c1ccc(Cl)cc1Cl. The van der Waals surface area contributed by atoms with E-state index >= 15 is 0 Å². The molecule has 0 spiro atoms. The van der Waals surface area contributed by atoms with Crippen molar-refractivity contribution in [3.8, 4) is 0 Å². The maximum Gasteiger partial charge on any atom is 0.162 e. The molecule has 0 saturated heterocycles. The van der Waals surface area contributed by atoms with Crippen molar-refractivity contribution in [3.63, 3.8) is 0 Å². The Kier molecular flexibility index (Phi) is 4.27. The number of allylic oxidation sites excluding steroid dienone is 2. The summed E-state index contributed by atoms with van der Waals surface area (Å²) in [5, 5.41) is 7.16. The molecule has 0 unspecified atom stereocenters. The van der Waals surface area contributed by atoms with Crippen LogP contribution >= 0.6 is 23.2 Å². The number of Topliss-reactive ketones (excluding diaryl/α,β-unsaturated/α-hetero) is 1. The summed E-state index contributed by atoms with van der Waals surface area (Å²) in [5.41, 5.74) is 4.87. The highest BCUT2D eigenvalue weighted by Gasteiger charge is 2.41. The molecule has 3 aromatic carbocycles. The summed E-state index contributed by atoms with van der Waals surface area (Å²) in [4.78, 5) is 13.3. The molecule has 146 valence electrons. The predicted molar refractivity (Wildman–Crippen MR) is 121 cm³/mol. The summed E-state index contributed by atoms with van der Waals surface area (Å²) in [6.07, 6.45) is 1.37. The Morgan fingerprint density at radius 3 is 2.52 bits per heavy atom. The van der Waals surface area contributed by atoms with E-state index in [4.69, 9.17) is 23.2 Å². The van der Waals surface area contributed by atoms with E-state index in [2.05, 4.69) is 49.5 Å². The number of hydrogen-bond donors (Lipinski definition) is 1. The molecule has 0 fully saturated rings. The summed E-state index contributed by atoms with van der Waals surface area (Å²) < 4.78 is 0. The lowest BCUT2D eigenvalue weighted by Crippen LogP contribution is -2.34. The van der Waals surface area contributed by atoms with Crippen LogP contribution in [0.4, 0.5) is 5.69 Å². The third kappa shape index (κ3) is 3.06. The van der Waals surface area contributed by atoms with Gasteiger partial charge in [-0.05, 0) is 40.5 Å². The van der Waals surface area contributed by atoms with Gasteiger partial charge in [0.2, 0.25) is 0 Å². The molecule has 2 nitrogen and oxygen atoms in total. The lowest BCUT2D eigenvalue weighted by molar-refractivity contribution is -0.118. The number of fused-ring (bicyclic) bond motifs is 3. The number of benzene rings is 3. The lowest BCUT2D eigenvalue weighted by atomic mass is 9.68. The first-order chi connectivity index (χ1) is 13.8. The van der Waals surface area contributed by atoms with Crippen molar-refractivity contribution in [2.75, 3.05) is 5.32 Å². The van der Waals surface area contributed by atoms with Gasteiger partial charge >= 0.3 is 0 Å². The molecule has 1 aliphatic carbocycles. The summed E-state index contributed by atoms with van der Waals surface area (Å²) in [6.45, 7) is 4.30. The molecule has 0 bridgehead atoms. The molecule has 0 amide bonds. The van der Waals surface area contributed by atoms with Crippen molar-refractivity contribution in [3.05, 3.63) is 87.0 Å². The normalized spacial score (nSPS) is 20.3. The Bertz CT molecular complexity index is 1210. The highest BCUT2D eigenvalue weighted by Crippen LogP contribution is 2.51. The van der Waals surface area contributed by atoms with Crippen LogP contribution in [0.3, 0.4) is 0 Å². The average molecular weight is 422 g/mol. The molecule has 1 N–H and O–H groups in total. The molecule has 0 saturated carbocycles. The number of carbonyl (C=O) groups excluding carboxylic acids is 1. The second kappa shape index (κ2) is 6.62. The van der Waals surface area contributed by atoms with Gasteiger partial charge in [-0.3, -0.25) is 4.79 Å². The molecule has 3 aromatic rings. The fourth-order valence-electron chi connectivity index (χ4n) is 4.81. The number of rotatable bonds is 1. The van der Waals surface area contributed by atoms with E-state index in [1.54, 1.807) is 6.07 Å². The minimum absolute atomic E-state index is 0.0701. The maximum atomic E-state index is 13.3. The van der Waals surface area contributed by atoms with Gasteiger partial charge in [-0.1, -0.05) is 79.5 Å². The third-order valence-electron chi connectivity index (χ3n) is 6.03. The first-order valence-corrected chi connectivity index (χ1v) is 10.6. The van der Waals surface area contributed by atoms with Crippen molar-refractivity contribution in [1.29, 1.82) is 0 Å². The van der Waals surface area contributed by atoms with Crippen LogP contribution in [0.5, 0.6) is 0 Å². The third-order valence-corrected chi connectivity index (χ3v) is 6.59. The van der Waals surface area contributed by atoms with Gasteiger partial charge in [0.25, 0.3) is 0 Å². The van der Waals surface area contributed by atoms with Crippen LogP contribution in [0.2, 0.25) is 10.0 Å². The van der Waals surface area contributed by atoms with Crippen molar-refractivity contribution in [1.82, 2.24) is 0 Å². The Balaban J connectivity index is 1.81. The summed E-state index contributed by atoms with van der Waals surface area (Å²) >= 11 is 12.8. The van der Waals surface area contributed by atoms with E-state index in [1.807, 2.05) is 18.2 Å². The Morgan fingerprint density at radius 2 is 1.72 bits per heavy atom. The largest absolute Gasteiger partial charge is 0.358 e. The summed E-state index contributed by atoms with van der Waals surface area (Å²) in [7, 11) is 0. The molecule has 2 aliphatic rings. The second-order valence-corrected chi connectivity index (χ2v) is 9.65. The molecular weight excluding hydrogens is 401 g/mol. The highest BCUT2D eigenvalue weighted by molar-refractivity contribution is 6.35. The molecule has 1 aliphatic heterocycles. The molecule has 4 heteroatoms. The molecular formula is C25H21Cl2NO. The zero-order valence-electron chi connectivity index (χ0n) is 16.4. The van der Waals surface area contributed by atoms with Crippen LogP contribution in [-0.4, -0.2) is 5.78 Å². The zero-order chi connectivity index (χ0) is 20.3. The number of halogens is 2. The van der Waals surface area contributed by atoms with E-state index in [0.717, 1.165) is 39.9 Å².